The molecule has 0 aromatic heterocycles. The number of nitrogens with one attached hydrogen (secondary N) is 2. The Labute approximate surface area is 100 Å². The van der Waals surface area contributed by atoms with Gasteiger partial charge in [-0.15, -0.1) is 12.6 Å². The van der Waals surface area contributed by atoms with Gasteiger partial charge in [-0.25, -0.2) is 0 Å². The first-order valence-corrected chi connectivity index (χ1v) is 5.86. The van der Waals surface area contributed by atoms with Crippen LogP contribution in [0.3, 0.4) is 0 Å². The van der Waals surface area contributed by atoms with Gasteiger partial charge in [-0.3, -0.25) is 0 Å². The number of rotatable bonds is 1. The molecule has 2 heterocycles. The summed E-state index contributed by atoms with van der Waals surface area (Å²) < 4.78 is 5.76. The molecule has 0 saturated carbocycles. The molecule has 0 bridgehead atoms. The Hall–Kier alpha value is -1.29. The first-order chi connectivity index (χ1) is 7.78. The standard InChI is InChI=1S/C12H14N2OS/c16-12(13-5-6-14-12)10-7-9-3-1-2-4-11(9)15-8-10/h1-6,10,13-14,16H,7-8H2. The Morgan fingerprint density at radius 2 is 2.00 bits per heavy atom. The minimum atomic E-state index is -0.381. The Balaban J connectivity index is 1.83. The lowest BCUT2D eigenvalue weighted by atomic mass is 9.94. The van der Waals surface area contributed by atoms with E-state index in [1.165, 1.54) is 5.56 Å². The molecule has 1 aromatic carbocycles. The van der Waals surface area contributed by atoms with Crippen molar-refractivity contribution in [1.82, 2.24) is 10.6 Å². The first-order valence-electron chi connectivity index (χ1n) is 5.41. The minimum absolute atomic E-state index is 0.306. The number of hydrogen-bond acceptors (Lipinski definition) is 4. The number of thiol groups is 1. The van der Waals surface area contributed by atoms with Crippen LogP contribution >= 0.6 is 12.6 Å². The van der Waals surface area contributed by atoms with Crippen LogP contribution < -0.4 is 15.4 Å². The lowest BCUT2D eigenvalue weighted by Crippen LogP contribution is -2.53. The topological polar surface area (TPSA) is 33.3 Å². The van der Waals surface area contributed by atoms with Crippen LogP contribution in [0.15, 0.2) is 36.7 Å². The zero-order valence-corrected chi connectivity index (χ0v) is 9.71. The maximum absolute atomic E-state index is 5.76. The van der Waals surface area contributed by atoms with Crippen molar-refractivity contribution in [2.24, 2.45) is 5.92 Å². The molecule has 84 valence electrons. The molecule has 3 nitrogen and oxygen atoms in total. The SMILES string of the molecule is SC1(C2COc3ccccc3C2)NC=CN1. The maximum Gasteiger partial charge on any atom is 0.159 e. The highest BCUT2D eigenvalue weighted by Gasteiger charge is 2.38. The third-order valence-corrected chi connectivity index (χ3v) is 3.78. The molecule has 0 amide bonds. The Morgan fingerprint density at radius 3 is 2.81 bits per heavy atom. The van der Waals surface area contributed by atoms with Crippen LogP contribution in [0.2, 0.25) is 0 Å². The predicted molar refractivity (Wildman–Crippen MR) is 66.3 cm³/mol. The highest BCUT2D eigenvalue weighted by Crippen LogP contribution is 2.33. The van der Waals surface area contributed by atoms with Gasteiger partial charge in [-0.2, -0.15) is 0 Å². The van der Waals surface area contributed by atoms with Crippen molar-refractivity contribution in [1.29, 1.82) is 0 Å². The zero-order chi connectivity index (χ0) is 11.0. The van der Waals surface area contributed by atoms with E-state index in [0.717, 1.165) is 12.2 Å². The van der Waals surface area contributed by atoms with Crippen molar-refractivity contribution in [3.05, 3.63) is 42.2 Å². The lowest BCUT2D eigenvalue weighted by Gasteiger charge is -2.37. The third kappa shape index (κ3) is 1.53. The van der Waals surface area contributed by atoms with E-state index >= 15 is 0 Å². The average molecular weight is 234 g/mol. The van der Waals surface area contributed by atoms with Gasteiger partial charge in [-0.1, -0.05) is 18.2 Å². The summed E-state index contributed by atoms with van der Waals surface area (Å²) in [7, 11) is 0. The second kappa shape index (κ2) is 3.63. The molecular formula is C12H14N2OS. The fraction of sp³-hybridized carbons (Fsp3) is 0.333. The Kier molecular flexibility index (Phi) is 2.24. The summed E-state index contributed by atoms with van der Waals surface area (Å²) in [6, 6.07) is 8.18. The van der Waals surface area contributed by atoms with Gasteiger partial charge < -0.3 is 15.4 Å². The summed E-state index contributed by atoms with van der Waals surface area (Å²) in [4.78, 5) is -0.381. The van der Waals surface area contributed by atoms with Gasteiger partial charge in [0.05, 0.1) is 6.61 Å². The Morgan fingerprint density at radius 1 is 1.25 bits per heavy atom. The monoisotopic (exact) mass is 234 g/mol. The lowest BCUT2D eigenvalue weighted by molar-refractivity contribution is 0.172. The van der Waals surface area contributed by atoms with E-state index in [0.29, 0.717) is 12.5 Å². The van der Waals surface area contributed by atoms with Crippen molar-refractivity contribution in [2.45, 2.75) is 11.4 Å². The van der Waals surface area contributed by atoms with Crippen LogP contribution in [0, 0.1) is 5.92 Å². The van der Waals surface area contributed by atoms with Gasteiger partial charge in [0.25, 0.3) is 0 Å². The van der Waals surface area contributed by atoms with Gasteiger partial charge >= 0.3 is 0 Å². The molecule has 0 saturated heterocycles. The van der Waals surface area contributed by atoms with E-state index in [4.69, 9.17) is 4.74 Å². The Bertz CT molecular complexity index is 425. The molecular weight excluding hydrogens is 220 g/mol. The number of para-hydroxylation sites is 1. The fourth-order valence-electron chi connectivity index (χ4n) is 2.21. The van der Waals surface area contributed by atoms with E-state index in [9.17, 15) is 0 Å². The van der Waals surface area contributed by atoms with Gasteiger partial charge in [0.1, 0.15) is 5.75 Å². The number of fused-ring (bicyclic) bond motifs is 1. The molecule has 1 aromatic rings. The van der Waals surface area contributed by atoms with Crippen LogP contribution in [0.25, 0.3) is 0 Å². The summed E-state index contributed by atoms with van der Waals surface area (Å²) >= 11 is 4.65. The summed E-state index contributed by atoms with van der Waals surface area (Å²) in [5.41, 5.74) is 1.25. The van der Waals surface area contributed by atoms with Gasteiger partial charge in [0, 0.05) is 18.3 Å². The third-order valence-electron chi connectivity index (χ3n) is 3.16. The zero-order valence-electron chi connectivity index (χ0n) is 8.81. The second-order valence-corrected chi connectivity index (χ2v) is 4.91. The number of benzene rings is 1. The van der Waals surface area contributed by atoms with Crippen molar-refractivity contribution < 1.29 is 4.74 Å². The first kappa shape index (κ1) is 9.90. The fourth-order valence-corrected chi connectivity index (χ4v) is 2.53. The van der Waals surface area contributed by atoms with Crippen molar-refractivity contribution in [3.8, 4) is 5.75 Å². The highest BCUT2D eigenvalue weighted by molar-refractivity contribution is 7.81. The van der Waals surface area contributed by atoms with Gasteiger partial charge in [0.15, 0.2) is 4.99 Å². The maximum atomic E-state index is 5.76. The van der Waals surface area contributed by atoms with E-state index in [1.54, 1.807) is 0 Å². The van der Waals surface area contributed by atoms with E-state index < -0.39 is 0 Å². The molecule has 0 spiro atoms. The van der Waals surface area contributed by atoms with E-state index in [1.807, 2.05) is 30.6 Å². The van der Waals surface area contributed by atoms with Crippen molar-refractivity contribution in [3.63, 3.8) is 0 Å². The average Bonchev–Trinajstić information content (AvgIpc) is 2.77. The second-order valence-electron chi connectivity index (χ2n) is 4.21. The molecule has 3 rings (SSSR count). The van der Waals surface area contributed by atoms with Crippen molar-refractivity contribution in [2.75, 3.05) is 6.61 Å². The van der Waals surface area contributed by atoms with Crippen molar-refractivity contribution >= 4 is 12.6 Å². The van der Waals surface area contributed by atoms with Crippen LogP contribution in [-0.4, -0.2) is 11.6 Å². The smallest absolute Gasteiger partial charge is 0.159 e. The highest BCUT2D eigenvalue weighted by atomic mass is 32.1. The summed E-state index contributed by atoms with van der Waals surface area (Å²) in [5.74, 6) is 1.31. The van der Waals surface area contributed by atoms with Crippen LogP contribution in [0.1, 0.15) is 5.56 Å². The van der Waals surface area contributed by atoms with E-state index in [2.05, 4.69) is 29.3 Å². The molecule has 4 heteroatoms. The summed E-state index contributed by atoms with van der Waals surface area (Å²) in [6.45, 7) is 0.683. The molecule has 2 N–H and O–H groups in total. The molecule has 1 atom stereocenters. The normalized spacial score (nSPS) is 25.2. The van der Waals surface area contributed by atoms with Gasteiger partial charge in [0.2, 0.25) is 0 Å². The molecule has 2 aliphatic heterocycles. The molecule has 1 unspecified atom stereocenters. The molecule has 0 fully saturated rings. The van der Waals surface area contributed by atoms with Crippen LogP contribution in [0.4, 0.5) is 0 Å². The predicted octanol–water partition coefficient (Wildman–Crippen LogP) is 1.49. The number of hydrogen-bond donors (Lipinski definition) is 3. The largest absolute Gasteiger partial charge is 0.493 e. The molecule has 0 radical (unpaired) electrons. The van der Waals surface area contributed by atoms with E-state index in [-0.39, 0.29) is 4.99 Å². The molecule has 16 heavy (non-hydrogen) atoms. The molecule has 0 aliphatic carbocycles. The van der Waals surface area contributed by atoms with Crippen LogP contribution in [-0.2, 0) is 6.42 Å². The minimum Gasteiger partial charge on any atom is -0.493 e. The summed E-state index contributed by atoms with van der Waals surface area (Å²) in [6.07, 6.45) is 4.74. The quantitative estimate of drug-likeness (QED) is 0.644. The molecule has 2 aliphatic rings. The van der Waals surface area contributed by atoms with Gasteiger partial charge in [-0.05, 0) is 18.1 Å². The number of ether oxygens (including phenoxy) is 1. The summed E-state index contributed by atoms with van der Waals surface area (Å²) in [5, 5.41) is 6.45. The van der Waals surface area contributed by atoms with Crippen LogP contribution in [0.5, 0.6) is 5.75 Å².